The highest BCUT2D eigenvalue weighted by Gasteiger charge is 2.28. The number of hydrogen-bond donors (Lipinski definition) is 2. The van der Waals surface area contributed by atoms with Gasteiger partial charge in [-0.05, 0) is 18.2 Å². The molecule has 2 amide bonds. The third-order valence-corrected chi connectivity index (χ3v) is 2.82. The van der Waals surface area contributed by atoms with Crippen molar-refractivity contribution in [3.63, 3.8) is 0 Å². The summed E-state index contributed by atoms with van der Waals surface area (Å²) in [4.78, 5) is 27.1. The number of nitrogens with two attached hydrogens (primary N) is 1. The van der Waals surface area contributed by atoms with Crippen molar-refractivity contribution in [2.24, 2.45) is 5.73 Å². The zero-order valence-corrected chi connectivity index (χ0v) is 12.1. The molecule has 0 aliphatic rings. The van der Waals surface area contributed by atoms with Gasteiger partial charge in [-0.25, -0.2) is 4.98 Å². The number of anilines is 1. The second-order valence-electron chi connectivity index (χ2n) is 4.65. The van der Waals surface area contributed by atoms with E-state index in [2.05, 4.69) is 15.0 Å². The summed E-state index contributed by atoms with van der Waals surface area (Å²) < 4.78 is 40.6. The standard InChI is InChI=1S/C15H12F3N3O3/c16-15(17,18)8-24-12-6-5-9(7-20-12)21-14(23)11-4-2-1-3-10(11)13(19)22/h1-7H,8H2,(H2,19,22)(H,21,23). The molecular weight excluding hydrogens is 327 g/mol. The number of aromatic nitrogens is 1. The highest BCUT2D eigenvalue weighted by molar-refractivity contribution is 6.11. The molecule has 1 heterocycles. The van der Waals surface area contributed by atoms with E-state index in [0.29, 0.717) is 0 Å². The van der Waals surface area contributed by atoms with Gasteiger partial charge in [0.2, 0.25) is 11.8 Å². The maximum Gasteiger partial charge on any atom is 0.422 e. The number of amides is 2. The molecule has 0 aliphatic carbocycles. The molecule has 0 unspecified atom stereocenters. The highest BCUT2D eigenvalue weighted by Crippen LogP contribution is 2.18. The van der Waals surface area contributed by atoms with Gasteiger partial charge in [0.25, 0.3) is 5.91 Å². The normalized spacial score (nSPS) is 11.0. The Bertz CT molecular complexity index is 746. The number of rotatable bonds is 5. The first-order chi connectivity index (χ1) is 11.3. The predicted octanol–water partition coefficient (Wildman–Crippen LogP) is 2.37. The number of nitrogens with one attached hydrogen (secondary N) is 1. The number of primary amides is 1. The number of ether oxygens (including phenoxy) is 1. The number of hydrogen-bond acceptors (Lipinski definition) is 4. The van der Waals surface area contributed by atoms with Gasteiger partial charge in [0, 0.05) is 6.07 Å². The first kappa shape index (κ1) is 17.3. The lowest BCUT2D eigenvalue weighted by Crippen LogP contribution is -2.20. The molecule has 3 N–H and O–H groups in total. The fourth-order valence-corrected chi connectivity index (χ4v) is 1.79. The Labute approximate surface area is 134 Å². The summed E-state index contributed by atoms with van der Waals surface area (Å²) in [6.07, 6.45) is -3.33. The van der Waals surface area contributed by atoms with E-state index in [9.17, 15) is 22.8 Å². The average molecular weight is 339 g/mol. The summed E-state index contributed by atoms with van der Waals surface area (Å²) in [5.74, 6) is -1.59. The zero-order valence-electron chi connectivity index (χ0n) is 12.1. The lowest BCUT2D eigenvalue weighted by molar-refractivity contribution is -0.154. The number of benzene rings is 1. The van der Waals surface area contributed by atoms with Gasteiger partial charge in [0.1, 0.15) is 0 Å². The summed E-state index contributed by atoms with van der Waals surface area (Å²) in [6.45, 7) is -1.46. The van der Waals surface area contributed by atoms with Crippen molar-refractivity contribution in [3.8, 4) is 5.88 Å². The molecule has 0 fully saturated rings. The van der Waals surface area contributed by atoms with Crippen LogP contribution in [0.2, 0.25) is 0 Å². The summed E-state index contributed by atoms with van der Waals surface area (Å²) in [6, 6.07) is 8.46. The summed E-state index contributed by atoms with van der Waals surface area (Å²) in [5.41, 5.74) is 5.54. The third kappa shape index (κ3) is 4.70. The van der Waals surface area contributed by atoms with Crippen LogP contribution in [-0.4, -0.2) is 29.6 Å². The Balaban J connectivity index is 2.06. The third-order valence-electron chi connectivity index (χ3n) is 2.82. The largest absolute Gasteiger partial charge is 0.468 e. The van der Waals surface area contributed by atoms with E-state index in [-0.39, 0.29) is 22.7 Å². The molecule has 126 valence electrons. The van der Waals surface area contributed by atoms with E-state index in [1.54, 1.807) is 12.1 Å². The lowest BCUT2D eigenvalue weighted by atomic mass is 10.1. The van der Waals surface area contributed by atoms with Gasteiger partial charge in [-0.1, -0.05) is 12.1 Å². The minimum Gasteiger partial charge on any atom is -0.468 e. The van der Waals surface area contributed by atoms with Crippen LogP contribution in [0.1, 0.15) is 20.7 Å². The van der Waals surface area contributed by atoms with Crippen molar-refractivity contribution < 1.29 is 27.5 Å². The molecule has 0 saturated carbocycles. The Morgan fingerprint density at radius 1 is 1.12 bits per heavy atom. The van der Waals surface area contributed by atoms with Crippen LogP contribution in [0, 0.1) is 0 Å². The molecule has 0 atom stereocenters. The van der Waals surface area contributed by atoms with Crippen LogP contribution in [0.4, 0.5) is 18.9 Å². The molecule has 24 heavy (non-hydrogen) atoms. The van der Waals surface area contributed by atoms with E-state index in [1.807, 2.05) is 0 Å². The molecule has 0 spiro atoms. The molecule has 0 bridgehead atoms. The molecule has 1 aromatic carbocycles. The topological polar surface area (TPSA) is 94.3 Å². The van der Waals surface area contributed by atoms with E-state index < -0.39 is 24.6 Å². The minimum absolute atomic E-state index is 0.0492. The quantitative estimate of drug-likeness (QED) is 0.874. The maximum absolute atomic E-state index is 12.2. The molecule has 6 nitrogen and oxygen atoms in total. The van der Waals surface area contributed by atoms with Crippen LogP contribution in [0.15, 0.2) is 42.6 Å². The molecule has 9 heteroatoms. The summed E-state index contributed by atoms with van der Waals surface area (Å²) in [7, 11) is 0. The molecule has 2 aromatic rings. The van der Waals surface area contributed by atoms with Crippen molar-refractivity contribution >= 4 is 17.5 Å². The molecule has 2 rings (SSSR count). The minimum atomic E-state index is -4.47. The number of alkyl halides is 3. The number of nitrogens with zero attached hydrogens (tertiary/aromatic N) is 1. The number of halogens is 3. The Kier molecular flexibility index (Phi) is 5.02. The van der Waals surface area contributed by atoms with Gasteiger partial charge < -0.3 is 15.8 Å². The molecular formula is C15H12F3N3O3. The zero-order chi connectivity index (χ0) is 17.7. The Hall–Kier alpha value is -3.10. The molecule has 0 aliphatic heterocycles. The van der Waals surface area contributed by atoms with Crippen LogP contribution in [0.5, 0.6) is 5.88 Å². The van der Waals surface area contributed by atoms with Crippen LogP contribution in [0.25, 0.3) is 0 Å². The average Bonchev–Trinajstić information content (AvgIpc) is 2.53. The van der Waals surface area contributed by atoms with Crippen LogP contribution in [-0.2, 0) is 0 Å². The van der Waals surface area contributed by atoms with Gasteiger partial charge in [-0.3, -0.25) is 9.59 Å². The molecule has 0 radical (unpaired) electrons. The van der Waals surface area contributed by atoms with E-state index in [0.717, 1.165) is 6.20 Å². The van der Waals surface area contributed by atoms with Gasteiger partial charge in [0.05, 0.1) is 23.0 Å². The monoisotopic (exact) mass is 339 g/mol. The molecule has 1 aromatic heterocycles. The first-order valence-corrected chi connectivity index (χ1v) is 6.62. The van der Waals surface area contributed by atoms with Crippen molar-refractivity contribution in [3.05, 3.63) is 53.7 Å². The van der Waals surface area contributed by atoms with Gasteiger partial charge >= 0.3 is 6.18 Å². The second-order valence-corrected chi connectivity index (χ2v) is 4.65. The predicted molar refractivity (Wildman–Crippen MR) is 78.7 cm³/mol. The lowest BCUT2D eigenvalue weighted by Gasteiger charge is -2.10. The summed E-state index contributed by atoms with van der Waals surface area (Å²) in [5, 5.41) is 2.47. The second kappa shape index (κ2) is 6.99. The van der Waals surface area contributed by atoms with Gasteiger partial charge in [-0.2, -0.15) is 13.2 Å². The number of carbonyl (C=O) groups excluding carboxylic acids is 2. The molecule has 0 saturated heterocycles. The number of carbonyl (C=O) groups is 2. The fourth-order valence-electron chi connectivity index (χ4n) is 1.79. The van der Waals surface area contributed by atoms with Crippen LogP contribution in [0.3, 0.4) is 0 Å². The highest BCUT2D eigenvalue weighted by atomic mass is 19.4. The van der Waals surface area contributed by atoms with Gasteiger partial charge in [-0.15, -0.1) is 0 Å². The Morgan fingerprint density at radius 3 is 2.33 bits per heavy atom. The first-order valence-electron chi connectivity index (χ1n) is 6.62. The van der Waals surface area contributed by atoms with E-state index in [4.69, 9.17) is 5.73 Å². The van der Waals surface area contributed by atoms with Crippen LogP contribution >= 0.6 is 0 Å². The van der Waals surface area contributed by atoms with Crippen LogP contribution < -0.4 is 15.8 Å². The van der Waals surface area contributed by atoms with Crippen molar-refractivity contribution in [2.45, 2.75) is 6.18 Å². The van der Waals surface area contributed by atoms with Gasteiger partial charge in [0.15, 0.2) is 6.61 Å². The van der Waals surface area contributed by atoms with Crippen molar-refractivity contribution in [2.75, 3.05) is 11.9 Å². The van der Waals surface area contributed by atoms with Crippen molar-refractivity contribution in [1.82, 2.24) is 4.98 Å². The van der Waals surface area contributed by atoms with E-state index >= 15 is 0 Å². The van der Waals surface area contributed by atoms with E-state index in [1.165, 1.54) is 24.3 Å². The SMILES string of the molecule is NC(=O)c1ccccc1C(=O)Nc1ccc(OCC(F)(F)F)nc1. The van der Waals surface area contributed by atoms with Crippen molar-refractivity contribution in [1.29, 1.82) is 0 Å². The number of pyridine rings is 1. The maximum atomic E-state index is 12.2. The fraction of sp³-hybridized carbons (Fsp3) is 0.133. The summed E-state index contributed by atoms with van der Waals surface area (Å²) >= 11 is 0. The smallest absolute Gasteiger partial charge is 0.422 e. The Morgan fingerprint density at radius 2 is 1.79 bits per heavy atom.